The summed E-state index contributed by atoms with van der Waals surface area (Å²) in [5.74, 6) is -0.192. The summed E-state index contributed by atoms with van der Waals surface area (Å²) in [6.45, 7) is 6.25. The van der Waals surface area contributed by atoms with Crippen molar-refractivity contribution < 1.29 is 4.79 Å². The van der Waals surface area contributed by atoms with E-state index in [0.29, 0.717) is 5.56 Å². The fourth-order valence-electron chi connectivity index (χ4n) is 4.33. The highest BCUT2D eigenvalue weighted by atomic mass is 16.1. The zero-order chi connectivity index (χ0) is 21.4. The van der Waals surface area contributed by atoms with Gasteiger partial charge in [-0.25, -0.2) is 9.67 Å². The van der Waals surface area contributed by atoms with Crippen LogP contribution in [0.4, 0.5) is 11.4 Å². The molecule has 3 aromatic heterocycles. The van der Waals surface area contributed by atoms with Crippen molar-refractivity contribution in [1.29, 1.82) is 0 Å². The van der Waals surface area contributed by atoms with E-state index in [1.165, 1.54) is 24.9 Å². The molecule has 4 heterocycles. The molecule has 31 heavy (non-hydrogen) atoms. The van der Waals surface area contributed by atoms with Crippen LogP contribution in [0.1, 0.15) is 49.5 Å². The fraction of sp³-hybridized carbons (Fsp3) is 0.333. The van der Waals surface area contributed by atoms with Crippen molar-refractivity contribution in [3.8, 4) is 0 Å². The van der Waals surface area contributed by atoms with Crippen molar-refractivity contribution >= 4 is 39.1 Å². The number of nitrogens with one attached hydrogen (secondary N) is 1. The molecule has 1 amide bonds. The highest BCUT2D eigenvalue weighted by Crippen LogP contribution is 2.33. The number of amides is 1. The van der Waals surface area contributed by atoms with E-state index in [1.54, 1.807) is 12.4 Å². The number of benzene rings is 1. The van der Waals surface area contributed by atoms with Gasteiger partial charge in [0.15, 0.2) is 5.65 Å². The van der Waals surface area contributed by atoms with Crippen molar-refractivity contribution in [1.82, 2.24) is 19.7 Å². The molecule has 0 atom stereocenters. The molecule has 158 valence electrons. The Labute approximate surface area is 181 Å². The lowest BCUT2D eigenvalue weighted by Gasteiger charge is -2.30. The predicted molar refractivity (Wildman–Crippen MR) is 124 cm³/mol. The lowest BCUT2D eigenvalue weighted by atomic mass is 10.0. The topological polar surface area (TPSA) is 75.9 Å². The van der Waals surface area contributed by atoms with Gasteiger partial charge in [-0.05, 0) is 57.4 Å². The summed E-state index contributed by atoms with van der Waals surface area (Å²) in [4.78, 5) is 24.2. The van der Waals surface area contributed by atoms with Crippen LogP contribution < -0.4 is 10.2 Å². The number of rotatable bonds is 4. The normalized spacial score (nSPS) is 14.5. The van der Waals surface area contributed by atoms with Gasteiger partial charge in [0.25, 0.3) is 5.91 Å². The Morgan fingerprint density at radius 3 is 2.68 bits per heavy atom. The van der Waals surface area contributed by atoms with Gasteiger partial charge in [0.05, 0.1) is 17.4 Å². The quantitative estimate of drug-likeness (QED) is 0.519. The molecular weight excluding hydrogens is 388 g/mol. The summed E-state index contributed by atoms with van der Waals surface area (Å²) >= 11 is 0. The third kappa shape index (κ3) is 3.60. The Hall–Kier alpha value is -3.48. The first-order chi connectivity index (χ1) is 15.1. The zero-order valence-electron chi connectivity index (χ0n) is 17.9. The van der Waals surface area contributed by atoms with Crippen LogP contribution in [0, 0.1) is 0 Å². The van der Waals surface area contributed by atoms with E-state index in [2.05, 4.69) is 45.2 Å². The number of hydrogen-bond donors (Lipinski definition) is 1. The minimum absolute atomic E-state index is 0.192. The molecular formula is C24H26N6O. The molecule has 7 nitrogen and oxygen atoms in total. The van der Waals surface area contributed by atoms with Crippen LogP contribution in [-0.4, -0.2) is 38.7 Å². The smallest absolute Gasteiger partial charge is 0.257 e. The van der Waals surface area contributed by atoms with Gasteiger partial charge in [0.2, 0.25) is 0 Å². The van der Waals surface area contributed by atoms with Gasteiger partial charge in [0.1, 0.15) is 0 Å². The van der Waals surface area contributed by atoms with E-state index < -0.39 is 0 Å². The predicted octanol–water partition coefficient (Wildman–Crippen LogP) is 4.80. The maximum atomic E-state index is 13.0. The SMILES string of the molecule is CC(C)n1ncc2cc(C(=O)Nc3ccc(N4CCCCC4)c4ccncc34)cnc21. The molecule has 5 rings (SSSR count). The van der Waals surface area contributed by atoms with Crippen LogP contribution >= 0.6 is 0 Å². The number of anilines is 2. The van der Waals surface area contributed by atoms with Gasteiger partial charge in [-0.1, -0.05) is 0 Å². The summed E-state index contributed by atoms with van der Waals surface area (Å²) in [5.41, 5.74) is 3.26. The summed E-state index contributed by atoms with van der Waals surface area (Å²) in [7, 11) is 0. The summed E-state index contributed by atoms with van der Waals surface area (Å²) in [6, 6.07) is 8.17. The van der Waals surface area contributed by atoms with Gasteiger partial charge in [-0.3, -0.25) is 9.78 Å². The van der Waals surface area contributed by atoms with Crippen LogP contribution in [0.2, 0.25) is 0 Å². The Kier molecular flexibility index (Phi) is 5.02. The average molecular weight is 415 g/mol. The van der Waals surface area contributed by atoms with Gasteiger partial charge >= 0.3 is 0 Å². The third-order valence-corrected chi connectivity index (χ3v) is 5.92. The largest absolute Gasteiger partial charge is 0.371 e. The molecule has 4 aromatic rings. The van der Waals surface area contributed by atoms with Crippen molar-refractivity contribution in [3.63, 3.8) is 0 Å². The second-order valence-electron chi connectivity index (χ2n) is 8.38. The van der Waals surface area contributed by atoms with E-state index in [9.17, 15) is 4.79 Å². The standard InChI is InChI=1S/C24H26N6O/c1-16(2)30-23-17(14-27-30)12-18(13-26-23)24(31)28-21-6-7-22(29-10-4-3-5-11-29)19-8-9-25-15-20(19)21/h6-9,12-16H,3-5,10-11H2,1-2H3,(H,28,31). The molecule has 1 N–H and O–H groups in total. The monoisotopic (exact) mass is 414 g/mol. The zero-order valence-corrected chi connectivity index (χ0v) is 17.9. The number of carbonyl (C=O) groups is 1. The molecule has 1 fully saturated rings. The number of pyridine rings is 2. The van der Waals surface area contributed by atoms with E-state index in [1.807, 2.05) is 35.3 Å². The Morgan fingerprint density at radius 2 is 1.87 bits per heavy atom. The molecule has 0 spiro atoms. The van der Waals surface area contributed by atoms with Crippen molar-refractivity contribution in [2.75, 3.05) is 23.3 Å². The molecule has 0 radical (unpaired) electrons. The minimum Gasteiger partial charge on any atom is -0.371 e. The van der Waals surface area contributed by atoms with Crippen molar-refractivity contribution in [2.45, 2.75) is 39.2 Å². The Morgan fingerprint density at radius 1 is 1.03 bits per heavy atom. The van der Waals surface area contributed by atoms with Crippen LogP contribution in [0.3, 0.4) is 0 Å². The van der Waals surface area contributed by atoms with E-state index in [-0.39, 0.29) is 11.9 Å². The van der Waals surface area contributed by atoms with Crippen LogP contribution in [0.15, 0.2) is 49.1 Å². The Bertz CT molecular complexity index is 1260. The molecule has 0 aliphatic carbocycles. The van der Waals surface area contributed by atoms with E-state index >= 15 is 0 Å². The molecule has 1 aromatic carbocycles. The molecule has 7 heteroatoms. The fourth-order valence-corrected chi connectivity index (χ4v) is 4.33. The van der Waals surface area contributed by atoms with Crippen LogP contribution in [0.5, 0.6) is 0 Å². The number of fused-ring (bicyclic) bond motifs is 2. The lowest BCUT2D eigenvalue weighted by Crippen LogP contribution is -2.29. The molecule has 1 saturated heterocycles. The van der Waals surface area contributed by atoms with Gasteiger partial charge in [0, 0.05) is 59.6 Å². The number of piperidine rings is 1. The minimum atomic E-state index is -0.192. The summed E-state index contributed by atoms with van der Waals surface area (Å²) in [5, 5.41) is 10.4. The molecule has 0 saturated carbocycles. The first kappa shape index (κ1) is 19.5. The lowest BCUT2D eigenvalue weighted by molar-refractivity contribution is 0.102. The van der Waals surface area contributed by atoms with Crippen LogP contribution in [-0.2, 0) is 0 Å². The first-order valence-corrected chi connectivity index (χ1v) is 10.9. The summed E-state index contributed by atoms with van der Waals surface area (Å²) in [6.07, 6.45) is 10.7. The summed E-state index contributed by atoms with van der Waals surface area (Å²) < 4.78 is 1.86. The molecule has 0 bridgehead atoms. The van der Waals surface area contributed by atoms with E-state index in [4.69, 9.17) is 0 Å². The number of nitrogens with zero attached hydrogens (tertiary/aromatic N) is 5. The molecule has 0 unspecified atom stereocenters. The highest BCUT2D eigenvalue weighted by molar-refractivity contribution is 6.11. The maximum absolute atomic E-state index is 13.0. The van der Waals surface area contributed by atoms with E-state index in [0.717, 1.165) is 40.6 Å². The van der Waals surface area contributed by atoms with Gasteiger partial charge in [-0.2, -0.15) is 5.10 Å². The Balaban J connectivity index is 1.46. The van der Waals surface area contributed by atoms with Crippen LogP contribution in [0.25, 0.3) is 21.8 Å². The second kappa shape index (κ2) is 7.98. The molecule has 1 aliphatic heterocycles. The third-order valence-electron chi connectivity index (χ3n) is 5.92. The first-order valence-electron chi connectivity index (χ1n) is 10.9. The number of carbonyl (C=O) groups excluding carboxylic acids is 1. The highest BCUT2D eigenvalue weighted by Gasteiger charge is 2.17. The number of aromatic nitrogens is 4. The van der Waals surface area contributed by atoms with Crippen molar-refractivity contribution in [3.05, 3.63) is 54.6 Å². The second-order valence-corrected chi connectivity index (χ2v) is 8.38. The molecule has 1 aliphatic rings. The van der Waals surface area contributed by atoms with Crippen molar-refractivity contribution in [2.24, 2.45) is 0 Å². The van der Waals surface area contributed by atoms with Gasteiger partial charge in [-0.15, -0.1) is 0 Å². The number of hydrogen-bond acceptors (Lipinski definition) is 5. The average Bonchev–Trinajstić information content (AvgIpc) is 3.23. The van der Waals surface area contributed by atoms with Gasteiger partial charge < -0.3 is 10.2 Å². The maximum Gasteiger partial charge on any atom is 0.257 e.